The molecule has 1 atom stereocenters. The van der Waals surface area contributed by atoms with E-state index >= 15 is 0 Å². The Hall–Kier alpha value is -4.11. The van der Waals surface area contributed by atoms with E-state index in [2.05, 4.69) is 10.5 Å². The lowest BCUT2D eigenvalue weighted by Crippen LogP contribution is -2.42. The van der Waals surface area contributed by atoms with Crippen LogP contribution in [0, 0.1) is 0 Å². The number of hydrogen-bond donors (Lipinski definition) is 1. The first-order chi connectivity index (χ1) is 16.4. The Morgan fingerprint density at radius 2 is 1.71 bits per heavy atom. The molecule has 0 spiro atoms. The van der Waals surface area contributed by atoms with E-state index in [1.54, 1.807) is 42.5 Å². The number of hydrogen-bond acceptors (Lipinski definition) is 6. The van der Waals surface area contributed by atoms with Crippen molar-refractivity contribution < 1.29 is 22.5 Å². The third-order valence-electron chi connectivity index (χ3n) is 5.39. The average Bonchev–Trinajstić information content (AvgIpc) is 3.35. The highest BCUT2D eigenvalue weighted by Crippen LogP contribution is 2.36. The van der Waals surface area contributed by atoms with E-state index in [1.807, 2.05) is 37.3 Å². The topological polar surface area (TPSA) is 102 Å². The van der Waals surface area contributed by atoms with Gasteiger partial charge in [-0.15, -0.1) is 0 Å². The fourth-order valence-electron chi connectivity index (χ4n) is 3.73. The van der Waals surface area contributed by atoms with Crippen LogP contribution in [-0.4, -0.2) is 32.1 Å². The first kappa shape index (κ1) is 21.7. The van der Waals surface area contributed by atoms with Crippen molar-refractivity contribution in [3.8, 4) is 17.1 Å². The third-order valence-corrected chi connectivity index (χ3v) is 7.18. The van der Waals surface area contributed by atoms with Crippen LogP contribution in [0.1, 0.15) is 17.4 Å². The number of sulfonamides is 1. The van der Waals surface area contributed by atoms with E-state index in [1.165, 1.54) is 16.4 Å². The van der Waals surface area contributed by atoms with Gasteiger partial charge in [-0.1, -0.05) is 47.6 Å². The van der Waals surface area contributed by atoms with E-state index in [4.69, 9.17) is 9.26 Å². The molecule has 1 N–H and O–H groups in total. The first-order valence-electron chi connectivity index (χ1n) is 10.6. The van der Waals surface area contributed by atoms with Crippen LogP contribution in [-0.2, 0) is 10.0 Å². The summed E-state index contributed by atoms with van der Waals surface area (Å²) in [6, 6.07) is 23.9. The molecule has 0 bridgehead atoms. The predicted octanol–water partition coefficient (Wildman–Crippen LogP) is 4.57. The summed E-state index contributed by atoms with van der Waals surface area (Å²) in [5.41, 5.74) is 1.86. The zero-order chi connectivity index (χ0) is 23.7. The maximum atomic E-state index is 13.3. The van der Waals surface area contributed by atoms with E-state index in [9.17, 15) is 13.2 Å². The van der Waals surface area contributed by atoms with Gasteiger partial charge in [0.15, 0.2) is 11.5 Å². The number of anilines is 2. The van der Waals surface area contributed by atoms with Gasteiger partial charge in [0.25, 0.3) is 15.9 Å². The number of nitrogens with one attached hydrogen (secondary N) is 1. The molecule has 8 nitrogen and oxygen atoms in total. The summed E-state index contributed by atoms with van der Waals surface area (Å²) in [7, 11) is -3.82. The lowest BCUT2D eigenvalue weighted by atomic mass is 10.1. The quantitative estimate of drug-likeness (QED) is 0.454. The van der Waals surface area contributed by atoms with Crippen LogP contribution in [0.15, 0.2) is 94.3 Å². The van der Waals surface area contributed by atoms with Gasteiger partial charge < -0.3 is 14.6 Å². The molecule has 34 heavy (non-hydrogen) atoms. The van der Waals surface area contributed by atoms with Crippen LogP contribution in [0.25, 0.3) is 11.3 Å². The molecule has 1 aliphatic rings. The first-order valence-corrected chi connectivity index (χ1v) is 12.1. The summed E-state index contributed by atoms with van der Waals surface area (Å²) in [6.45, 7) is 2.03. The van der Waals surface area contributed by atoms with Gasteiger partial charge in [0, 0.05) is 17.3 Å². The number of nitrogens with zero attached hydrogens (tertiary/aromatic N) is 2. The lowest BCUT2D eigenvalue weighted by Gasteiger charge is -2.34. The van der Waals surface area contributed by atoms with Gasteiger partial charge in [-0.25, -0.2) is 8.42 Å². The van der Waals surface area contributed by atoms with Crippen LogP contribution < -0.4 is 14.4 Å². The highest BCUT2D eigenvalue weighted by molar-refractivity contribution is 7.92. The Kier molecular flexibility index (Phi) is 5.54. The summed E-state index contributed by atoms with van der Waals surface area (Å²) in [6.07, 6.45) is -0.286. The number of benzene rings is 3. The molecular weight excluding hydrogens is 454 g/mol. The molecule has 9 heteroatoms. The number of para-hydroxylation sites is 2. The predicted molar refractivity (Wildman–Crippen MR) is 127 cm³/mol. The van der Waals surface area contributed by atoms with Crippen molar-refractivity contribution in [3.63, 3.8) is 0 Å². The molecular formula is C25H21N3O5S. The van der Waals surface area contributed by atoms with E-state index in [0.29, 0.717) is 22.9 Å². The molecule has 5 rings (SSSR count). The number of rotatable bonds is 5. The minimum Gasteiger partial charge on any atom is -0.487 e. The highest BCUT2D eigenvalue weighted by atomic mass is 32.2. The molecule has 0 saturated heterocycles. The number of carbonyl (C=O) groups is 1. The minimum absolute atomic E-state index is 0.113. The molecule has 0 fully saturated rings. The van der Waals surface area contributed by atoms with E-state index < -0.39 is 15.9 Å². The third kappa shape index (κ3) is 4.13. The number of amides is 1. The van der Waals surface area contributed by atoms with Crippen molar-refractivity contribution in [1.29, 1.82) is 0 Å². The normalized spacial score (nSPS) is 15.3. The summed E-state index contributed by atoms with van der Waals surface area (Å²) in [5.74, 6) is 0.542. The Labute approximate surface area is 196 Å². The summed E-state index contributed by atoms with van der Waals surface area (Å²) >= 11 is 0. The van der Waals surface area contributed by atoms with Crippen molar-refractivity contribution >= 4 is 27.3 Å². The van der Waals surface area contributed by atoms with Crippen LogP contribution >= 0.6 is 0 Å². The zero-order valence-corrected chi connectivity index (χ0v) is 19.0. The largest absolute Gasteiger partial charge is 0.487 e. The van der Waals surface area contributed by atoms with Gasteiger partial charge in [0.2, 0.25) is 0 Å². The maximum absolute atomic E-state index is 13.3. The van der Waals surface area contributed by atoms with Crippen LogP contribution in [0.5, 0.6) is 5.75 Å². The monoisotopic (exact) mass is 475 g/mol. The van der Waals surface area contributed by atoms with E-state index in [0.717, 1.165) is 5.56 Å². The van der Waals surface area contributed by atoms with Gasteiger partial charge >= 0.3 is 0 Å². The van der Waals surface area contributed by atoms with Crippen molar-refractivity contribution in [2.45, 2.75) is 17.9 Å². The van der Waals surface area contributed by atoms with Crippen molar-refractivity contribution in [1.82, 2.24) is 5.16 Å². The molecule has 4 aromatic rings. The lowest BCUT2D eigenvalue weighted by molar-refractivity contribution is 0.101. The second-order valence-corrected chi connectivity index (χ2v) is 9.72. The molecule has 1 amide bonds. The standard InChI is InChI=1S/C25H21N3O5S/c1-17-16-28(22-9-5-6-10-23(22)32-17)34(30,31)20-13-11-19(12-14-20)26-25(29)21-15-24(33-27-21)18-7-3-2-4-8-18/h2-15,17H,16H2,1H3,(H,26,29)/t17-/m0/s1. The number of aromatic nitrogens is 1. The fraction of sp³-hybridized carbons (Fsp3) is 0.120. The molecule has 0 unspecified atom stereocenters. The Morgan fingerprint density at radius 3 is 2.47 bits per heavy atom. The van der Waals surface area contributed by atoms with Gasteiger partial charge in [0.05, 0.1) is 17.1 Å². The molecule has 1 aromatic heterocycles. The molecule has 172 valence electrons. The van der Waals surface area contributed by atoms with Gasteiger partial charge in [-0.3, -0.25) is 9.10 Å². The molecule has 1 aliphatic heterocycles. The van der Waals surface area contributed by atoms with Crippen LogP contribution in [0.4, 0.5) is 11.4 Å². The molecule has 0 radical (unpaired) electrons. The number of fused-ring (bicyclic) bond motifs is 1. The summed E-state index contributed by atoms with van der Waals surface area (Å²) in [4.78, 5) is 12.7. The second-order valence-electron chi connectivity index (χ2n) is 7.85. The maximum Gasteiger partial charge on any atom is 0.277 e. The van der Waals surface area contributed by atoms with Crippen LogP contribution in [0.3, 0.4) is 0 Å². The fourth-order valence-corrected chi connectivity index (χ4v) is 5.28. The van der Waals surface area contributed by atoms with Gasteiger partial charge in [-0.05, 0) is 43.3 Å². The van der Waals surface area contributed by atoms with Crippen LogP contribution in [0.2, 0.25) is 0 Å². The number of ether oxygens (including phenoxy) is 1. The zero-order valence-electron chi connectivity index (χ0n) is 18.2. The summed E-state index contributed by atoms with van der Waals surface area (Å²) in [5, 5.41) is 6.55. The average molecular weight is 476 g/mol. The van der Waals surface area contributed by atoms with Crippen molar-refractivity contribution in [2.75, 3.05) is 16.2 Å². The number of carbonyl (C=O) groups excluding carboxylic acids is 1. The smallest absolute Gasteiger partial charge is 0.277 e. The highest BCUT2D eigenvalue weighted by Gasteiger charge is 2.32. The molecule has 3 aromatic carbocycles. The van der Waals surface area contributed by atoms with Gasteiger partial charge in [-0.2, -0.15) is 0 Å². The second kappa shape index (κ2) is 8.68. The Morgan fingerprint density at radius 1 is 1.00 bits per heavy atom. The summed E-state index contributed by atoms with van der Waals surface area (Å²) < 4.78 is 39.1. The molecule has 0 saturated carbocycles. The Balaban J connectivity index is 1.33. The SMILES string of the molecule is C[C@H]1CN(S(=O)(=O)c2ccc(NC(=O)c3cc(-c4ccccc4)on3)cc2)c2ccccc2O1. The minimum atomic E-state index is -3.82. The van der Waals surface area contributed by atoms with Gasteiger partial charge in [0.1, 0.15) is 11.9 Å². The van der Waals surface area contributed by atoms with Crippen molar-refractivity contribution in [3.05, 3.63) is 90.6 Å². The molecule has 2 heterocycles. The van der Waals surface area contributed by atoms with E-state index in [-0.39, 0.29) is 23.2 Å². The molecule has 0 aliphatic carbocycles. The Bertz CT molecular complexity index is 1430. The van der Waals surface area contributed by atoms with Crippen molar-refractivity contribution in [2.24, 2.45) is 0 Å².